The van der Waals surface area contributed by atoms with Crippen LogP contribution in [0.3, 0.4) is 0 Å². The van der Waals surface area contributed by atoms with Gasteiger partial charge in [-0.25, -0.2) is 8.42 Å². The van der Waals surface area contributed by atoms with Crippen molar-refractivity contribution in [1.82, 2.24) is 5.32 Å². The number of hydrogen-bond donors (Lipinski definition) is 1. The van der Waals surface area contributed by atoms with Crippen LogP contribution in [0.2, 0.25) is 0 Å². The fourth-order valence-electron chi connectivity index (χ4n) is 1.77. The lowest BCUT2D eigenvalue weighted by atomic mass is 10.1. The molecule has 134 valence electrons. The van der Waals surface area contributed by atoms with Crippen LogP contribution in [0.5, 0.6) is 0 Å². The lowest BCUT2D eigenvalue weighted by molar-refractivity contribution is 0.0923. The van der Waals surface area contributed by atoms with Gasteiger partial charge in [0.1, 0.15) is 9.84 Å². The van der Waals surface area contributed by atoms with Gasteiger partial charge in [0.25, 0.3) is 5.91 Å². The molecule has 0 aliphatic carbocycles. The molecule has 25 heavy (non-hydrogen) atoms. The Balaban J connectivity index is 2.62. The highest BCUT2D eigenvalue weighted by atomic mass is 32.2. The van der Waals surface area contributed by atoms with E-state index in [1.807, 2.05) is 0 Å². The third-order valence-electron chi connectivity index (χ3n) is 2.85. The summed E-state index contributed by atoms with van der Waals surface area (Å²) in [7, 11) is -3.08. The smallest absolute Gasteiger partial charge is 0.251 e. The van der Waals surface area contributed by atoms with Gasteiger partial charge < -0.3 is 10.1 Å². The number of nitrogens with one attached hydrogen (secondary N) is 1. The van der Waals surface area contributed by atoms with Crippen LogP contribution >= 0.6 is 0 Å². The zero-order chi connectivity index (χ0) is 18.7. The SMILES string of the molecule is CS(=O)(=O)CCOCCNC(=O)c1cc(CN=[N+]=[N-])cc(N=[N+]=[N-])c1. The van der Waals surface area contributed by atoms with Gasteiger partial charge in [-0.2, -0.15) is 0 Å². The fraction of sp³-hybridized carbons (Fsp3) is 0.462. The Morgan fingerprint density at radius 3 is 2.64 bits per heavy atom. The van der Waals surface area contributed by atoms with Gasteiger partial charge in [-0.05, 0) is 34.8 Å². The molecule has 1 amide bonds. The van der Waals surface area contributed by atoms with E-state index in [0.29, 0.717) is 5.56 Å². The van der Waals surface area contributed by atoms with Crippen LogP contribution < -0.4 is 5.32 Å². The van der Waals surface area contributed by atoms with Crippen molar-refractivity contribution < 1.29 is 17.9 Å². The molecule has 12 heteroatoms. The lowest BCUT2D eigenvalue weighted by Gasteiger charge is -2.08. The molecular formula is C13H17N7O4S. The van der Waals surface area contributed by atoms with Gasteiger partial charge in [-0.15, -0.1) is 0 Å². The number of sulfone groups is 1. The first-order chi connectivity index (χ1) is 11.9. The minimum Gasteiger partial charge on any atom is -0.379 e. The van der Waals surface area contributed by atoms with E-state index in [4.69, 9.17) is 15.8 Å². The van der Waals surface area contributed by atoms with E-state index < -0.39 is 15.7 Å². The van der Waals surface area contributed by atoms with Crippen LogP contribution in [0.25, 0.3) is 20.9 Å². The number of carbonyl (C=O) groups excluding carboxylic acids is 1. The van der Waals surface area contributed by atoms with Crippen molar-refractivity contribution in [3.8, 4) is 0 Å². The molecule has 1 aromatic carbocycles. The van der Waals surface area contributed by atoms with Gasteiger partial charge >= 0.3 is 0 Å². The maximum Gasteiger partial charge on any atom is 0.251 e. The molecule has 0 saturated carbocycles. The molecule has 0 aromatic heterocycles. The Kier molecular flexibility index (Phi) is 8.24. The molecular weight excluding hydrogens is 350 g/mol. The number of carbonyl (C=O) groups is 1. The Bertz CT molecular complexity index is 812. The van der Waals surface area contributed by atoms with Crippen LogP contribution in [-0.2, 0) is 21.1 Å². The minimum atomic E-state index is -3.08. The molecule has 1 aromatic rings. The first kappa shape index (κ1) is 20.3. The monoisotopic (exact) mass is 367 g/mol. The van der Waals surface area contributed by atoms with E-state index in [1.54, 1.807) is 0 Å². The lowest BCUT2D eigenvalue weighted by Crippen LogP contribution is -2.28. The fourth-order valence-corrected chi connectivity index (χ4v) is 2.19. The van der Waals surface area contributed by atoms with Crippen molar-refractivity contribution in [3.05, 3.63) is 50.2 Å². The molecule has 1 rings (SSSR count). The summed E-state index contributed by atoms with van der Waals surface area (Å²) in [6, 6.07) is 4.43. The number of nitrogens with zero attached hydrogens (tertiary/aromatic N) is 6. The molecule has 11 nitrogen and oxygen atoms in total. The first-order valence-electron chi connectivity index (χ1n) is 7.09. The molecule has 0 aliphatic heterocycles. The van der Waals surface area contributed by atoms with Crippen LogP contribution in [0.15, 0.2) is 28.4 Å². The van der Waals surface area contributed by atoms with Crippen molar-refractivity contribution in [3.63, 3.8) is 0 Å². The standard InChI is InChI=1S/C13H17N7O4S/c1-25(22,23)5-4-24-3-2-16-13(21)11-6-10(9-17-19-14)7-12(8-11)18-20-15/h6-8H,2-5,9H2,1H3,(H,16,21). The van der Waals surface area contributed by atoms with E-state index in [1.165, 1.54) is 18.2 Å². The molecule has 0 aliphatic rings. The largest absolute Gasteiger partial charge is 0.379 e. The summed E-state index contributed by atoms with van der Waals surface area (Å²) < 4.78 is 27.0. The second-order valence-electron chi connectivity index (χ2n) is 4.96. The van der Waals surface area contributed by atoms with Gasteiger partial charge in [-0.1, -0.05) is 10.2 Å². The van der Waals surface area contributed by atoms with Crippen molar-refractivity contribution in [2.75, 3.05) is 31.8 Å². The van der Waals surface area contributed by atoms with Crippen molar-refractivity contribution in [2.24, 2.45) is 10.2 Å². The topological polar surface area (TPSA) is 170 Å². The number of azide groups is 2. The number of hydrogen-bond acceptors (Lipinski definition) is 6. The van der Waals surface area contributed by atoms with Crippen LogP contribution in [-0.4, -0.2) is 46.1 Å². The third-order valence-corrected chi connectivity index (χ3v) is 3.76. The Labute approximate surface area is 144 Å². The summed E-state index contributed by atoms with van der Waals surface area (Å²) in [6.45, 7) is 0.403. The molecule has 0 radical (unpaired) electrons. The third kappa shape index (κ3) is 8.58. The normalized spacial score (nSPS) is 10.4. The average Bonchev–Trinajstić information content (AvgIpc) is 2.55. The van der Waals surface area contributed by atoms with E-state index in [2.05, 4.69) is 25.4 Å². The number of amides is 1. The number of ether oxygens (including phenoxy) is 1. The van der Waals surface area contributed by atoms with Gasteiger partial charge in [-0.3, -0.25) is 4.79 Å². The summed E-state index contributed by atoms with van der Waals surface area (Å²) >= 11 is 0. The van der Waals surface area contributed by atoms with Gasteiger partial charge in [0.2, 0.25) is 0 Å². The molecule has 0 unspecified atom stereocenters. The first-order valence-corrected chi connectivity index (χ1v) is 9.15. The molecule has 0 spiro atoms. The molecule has 0 heterocycles. The van der Waals surface area contributed by atoms with Gasteiger partial charge in [0, 0.05) is 33.9 Å². The van der Waals surface area contributed by atoms with Gasteiger partial charge in [0.15, 0.2) is 0 Å². The van der Waals surface area contributed by atoms with Crippen molar-refractivity contribution >= 4 is 21.4 Å². The summed E-state index contributed by atoms with van der Waals surface area (Å²) in [5.41, 5.74) is 17.9. The highest BCUT2D eigenvalue weighted by Gasteiger charge is 2.08. The maximum atomic E-state index is 12.1. The summed E-state index contributed by atoms with van der Waals surface area (Å²) in [4.78, 5) is 17.4. The Hall–Kier alpha value is -2.78. The number of benzene rings is 1. The van der Waals surface area contributed by atoms with Crippen LogP contribution in [0.4, 0.5) is 5.69 Å². The minimum absolute atomic E-state index is 0.0141. The summed E-state index contributed by atoms with van der Waals surface area (Å²) in [5, 5.41) is 9.45. The second kappa shape index (κ2) is 10.2. The van der Waals surface area contributed by atoms with Crippen molar-refractivity contribution in [1.29, 1.82) is 0 Å². The van der Waals surface area contributed by atoms with E-state index in [0.717, 1.165) is 6.26 Å². The molecule has 0 bridgehead atoms. The van der Waals surface area contributed by atoms with Gasteiger partial charge in [0.05, 0.1) is 25.5 Å². The van der Waals surface area contributed by atoms with E-state index >= 15 is 0 Å². The summed E-state index contributed by atoms with van der Waals surface area (Å²) in [6.07, 6.45) is 1.11. The quantitative estimate of drug-likeness (QED) is 0.289. The van der Waals surface area contributed by atoms with Crippen LogP contribution in [0.1, 0.15) is 15.9 Å². The predicted molar refractivity (Wildman–Crippen MR) is 91.0 cm³/mol. The van der Waals surface area contributed by atoms with E-state index in [-0.39, 0.29) is 43.3 Å². The molecule has 1 N–H and O–H groups in total. The Morgan fingerprint density at radius 2 is 2.00 bits per heavy atom. The zero-order valence-corrected chi connectivity index (χ0v) is 14.3. The average molecular weight is 367 g/mol. The zero-order valence-electron chi connectivity index (χ0n) is 13.5. The highest BCUT2D eigenvalue weighted by molar-refractivity contribution is 7.90. The molecule has 0 fully saturated rings. The summed E-state index contributed by atoms with van der Waals surface area (Å²) in [5.74, 6) is -0.512. The maximum absolute atomic E-state index is 12.1. The predicted octanol–water partition coefficient (Wildman–Crippen LogP) is 2.23. The molecule has 0 atom stereocenters. The molecule has 0 saturated heterocycles. The van der Waals surface area contributed by atoms with E-state index in [9.17, 15) is 13.2 Å². The second-order valence-corrected chi connectivity index (χ2v) is 7.22. The number of rotatable bonds is 10. The van der Waals surface area contributed by atoms with Crippen molar-refractivity contribution in [2.45, 2.75) is 6.54 Å². The highest BCUT2D eigenvalue weighted by Crippen LogP contribution is 2.19. The Morgan fingerprint density at radius 1 is 1.24 bits per heavy atom. The van der Waals surface area contributed by atoms with Crippen LogP contribution in [0, 0.1) is 0 Å².